The first kappa shape index (κ1) is 14.0. The molecule has 0 fully saturated rings. The Morgan fingerprint density at radius 3 is 2.86 bits per heavy atom. The first-order chi connectivity index (χ1) is 10.1. The van der Waals surface area contributed by atoms with Gasteiger partial charge in [-0.05, 0) is 36.8 Å². The molecule has 4 heteroatoms. The summed E-state index contributed by atoms with van der Waals surface area (Å²) in [5.74, 6) is 0. The second-order valence-electron chi connectivity index (χ2n) is 5.31. The van der Waals surface area contributed by atoms with Crippen molar-refractivity contribution >= 4 is 29.2 Å². The van der Waals surface area contributed by atoms with Crippen LogP contribution in [0.5, 0.6) is 0 Å². The van der Waals surface area contributed by atoms with Crippen LogP contribution in [-0.4, -0.2) is 17.8 Å². The van der Waals surface area contributed by atoms with Crippen molar-refractivity contribution in [2.24, 2.45) is 0 Å². The maximum atomic E-state index is 12.6. The Labute approximate surface area is 129 Å². The zero-order valence-electron chi connectivity index (χ0n) is 12.2. The van der Waals surface area contributed by atoms with Gasteiger partial charge in [0.1, 0.15) is 0 Å². The largest absolute Gasteiger partial charge is 0.326 e. The minimum absolute atomic E-state index is 0.0693. The molecule has 3 rings (SSSR count). The van der Waals surface area contributed by atoms with E-state index in [0.29, 0.717) is 5.25 Å². The fourth-order valence-corrected chi connectivity index (χ4v) is 3.61. The maximum Gasteiger partial charge on any atom is 0.326 e. The second kappa shape index (κ2) is 5.82. The van der Waals surface area contributed by atoms with Crippen LogP contribution in [0.4, 0.5) is 16.2 Å². The predicted molar refractivity (Wildman–Crippen MR) is 89.3 cm³/mol. The Hall–Kier alpha value is -1.94. The number of hydrogen-bond acceptors (Lipinski definition) is 2. The molecule has 0 radical (unpaired) electrons. The van der Waals surface area contributed by atoms with Crippen LogP contribution in [0.15, 0.2) is 53.4 Å². The number of urea groups is 1. The average molecular weight is 298 g/mol. The molecule has 1 N–H and O–H groups in total. The lowest BCUT2D eigenvalue weighted by Crippen LogP contribution is -2.41. The highest BCUT2D eigenvalue weighted by Crippen LogP contribution is 2.38. The second-order valence-corrected chi connectivity index (χ2v) is 6.79. The fraction of sp³-hybridized carbons (Fsp3) is 0.235. The number of carbonyl (C=O) groups excluding carboxylic acids is 1. The monoisotopic (exact) mass is 298 g/mol. The van der Waals surface area contributed by atoms with Crippen molar-refractivity contribution in [1.82, 2.24) is 0 Å². The molecular weight excluding hydrogens is 280 g/mol. The highest BCUT2D eigenvalue weighted by atomic mass is 32.2. The van der Waals surface area contributed by atoms with Crippen molar-refractivity contribution in [1.29, 1.82) is 0 Å². The van der Waals surface area contributed by atoms with Gasteiger partial charge in [0.25, 0.3) is 0 Å². The first-order valence-electron chi connectivity index (χ1n) is 7.04. The molecule has 0 spiro atoms. The molecule has 0 unspecified atom stereocenters. The molecule has 1 atom stereocenters. The van der Waals surface area contributed by atoms with Crippen molar-refractivity contribution in [3.05, 3.63) is 54.1 Å². The zero-order valence-corrected chi connectivity index (χ0v) is 13.0. The molecule has 21 heavy (non-hydrogen) atoms. The summed E-state index contributed by atoms with van der Waals surface area (Å²) in [4.78, 5) is 15.6. The standard InChI is InChI=1S/C17H18N2OS/c1-12-6-5-7-14(10-12)18-17(20)19-11-13(2)21-16-9-4-3-8-15(16)19/h3-10,13H,11H2,1-2H3,(H,18,20)/t13-/m1/s1. The van der Waals surface area contributed by atoms with Crippen LogP contribution in [-0.2, 0) is 0 Å². The van der Waals surface area contributed by atoms with E-state index in [0.717, 1.165) is 28.4 Å². The van der Waals surface area contributed by atoms with Gasteiger partial charge >= 0.3 is 6.03 Å². The smallest absolute Gasteiger partial charge is 0.308 e. The number of nitrogens with one attached hydrogen (secondary N) is 1. The number of nitrogens with zero attached hydrogens (tertiary/aromatic N) is 1. The van der Waals surface area contributed by atoms with E-state index in [9.17, 15) is 4.79 Å². The molecule has 0 aliphatic carbocycles. The van der Waals surface area contributed by atoms with Crippen molar-refractivity contribution in [3.63, 3.8) is 0 Å². The lowest BCUT2D eigenvalue weighted by Gasteiger charge is -2.32. The summed E-state index contributed by atoms with van der Waals surface area (Å²) in [6, 6.07) is 15.9. The van der Waals surface area contributed by atoms with E-state index in [1.54, 1.807) is 0 Å². The van der Waals surface area contributed by atoms with Gasteiger partial charge in [-0.2, -0.15) is 0 Å². The van der Waals surface area contributed by atoms with Gasteiger partial charge in [0.05, 0.1) is 5.69 Å². The topological polar surface area (TPSA) is 32.3 Å². The first-order valence-corrected chi connectivity index (χ1v) is 7.92. The number of fused-ring (bicyclic) bond motifs is 1. The lowest BCUT2D eigenvalue weighted by molar-refractivity contribution is 0.256. The van der Waals surface area contributed by atoms with E-state index in [-0.39, 0.29) is 6.03 Å². The Morgan fingerprint density at radius 2 is 2.05 bits per heavy atom. The van der Waals surface area contributed by atoms with Crippen molar-refractivity contribution < 1.29 is 4.79 Å². The summed E-state index contributed by atoms with van der Waals surface area (Å²) in [6.07, 6.45) is 0. The molecule has 2 amide bonds. The van der Waals surface area contributed by atoms with Crippen LogP contribution in [0, 0.1) is 6.92 Å². The molecule has 1 heterocycles. The number of hydrogen-bond donors (Lipinski definition) is 1. The number of anilines is 2. The van der Waals surface area contributed by atoms with Crippen LogP contribution in [0.2, 0.25) is 0 Å². The quantitative estimate of drug-likeness (QED) is 0.839. The Balaban J connectivity index is 1.85. The van der Waals surface area contributed by atoms with E-state index in [1.165, 1.54) is 0 Å². The van der Waals surface area contributed by atoms with Crippen molar-refractivity contribution in [2.75, 3.05) is 16.8 Å². The molecule has 1 aliphatic heterocycles. The third kappa shape index (κ3) is 3.05. The number of amides is 2. The molecule has 2 aromatic carbocycles. The number of benzene rings is 2. The lowest BCUT2D eigenvalue weighted by atomic mass is 10.2. The summed E-state index contributed by atoms with van der Waals surface area (Å²) in [5.41, 5.74) is 2.96. The number of rotatable bonds is 1. The van der Waals surface area contributed by atoms with Crippen LogP contribution >= 0.6 is 11.8 Å². The van der Waals surface area contributed by atoms with Crippen LogP contribution in [0.1, 0.15) is 12.5 Å². The van der Waals surface area contributed by atoms with E-state index in [2.05, 4.69) is 18.3 Å². The van der Waals surface area contributed by atoms with Crippen LogP contribution in [0.3, 0.4) is 0 Å². The summed E-state index contributed by atoms with van der Waals surface area (Å²) in [5, 5.41) is 3.38. The molecule has 2 aromatic rings. The van der Waals surface area contributed by atoms with Gasteiger partial charge < -0.3 is 5.32 Å². The predicted octanol–water partition coefficient (Wildman–Crippen LogP) is 4.53. The number of para-hydroxylation sites is 1. The molecule has 0 aromatic heterocycles. The third-order valence-electron chi connectivity index (χ3n) is 3.44. The number of aryl methyl sites for hydroxylation is 1. The van der Waals surface area contributed by atoms with Crippen molar-refractivity contribution in [2.45, 2.75) is 24.0 Å². The van der Waals surface area contributed by atoms with E-state index >= 15 is 0 Å². The van der Waals surface area contributed by atoms with Gasteiger partial charge in [0.2, 0.25) is 0 Å². The van der Waals surface area contributed by atoms with Gasteiger partial charge in [-0.3, -0.25) is 4.90 Å². The van der Waals surface area contributed by atoms with Crippen LogP contribution in [0.25, 0.3) is 0 Å². The highest BCUT2D eigenvalue weighted by molar-refractivity contribution is 8.00. The van der Waals surface area contributed by atoms with E-state index in [4.69, 9.17) is 0 Å². The van der Waals surface area contributed by atoms with Crippen LogP contribution < -0.4 is 10.2 Å². The molecule has 0 saturated carbocycles. The van der Waals surface area contributed by atoms with Crippen molar-refractivity contribution in [3.8, 4) is 0 Å². The normalized spacial score (nSPS) is 17.2. The van der Waals surface area contributed by atoms with E-state index < -0.39 is 0 Å². The SMILES string of the molecule is Cc1cccc(NC(=O)N2C[C@@H](C)Sc3ccccc32)c1. The Morgan fingerprint density at radius 1 is 1.24 bits per heavy atom. The van der Waals surface area contributed by atoms with Gasteiger partial charge in [-0.15, -0.1) is 11.8 Å². The minimum Gasteiger partial charge on any atom is -0.308 e. The van der Waals surface area contributed by atoms with Gasteiger partial charge in [0, 0.05) is 22.4 Å². The zero-order chi connectivity index (χ0) is 14.8. The highest BCUT2D eigenvalue weighted by Gasteiger charge is 2.26. The molecule has 0 bridgehead atoms. The average Bonchev–Trinajstić information content (AvgIpc) is 2.46. The Kier molecular flexibility index (Phi) is 3.88. The molecule has 1 aliphatic rings. The molecule has 108 valence electrons. The fourth-order valence-electron chi connectivity index (χ4n) is 2.50. The summed E-state index contributed by atoms with van der Waals surface area (Å²) < 4.78 is 0. The summed E-state index contributed by atoms with van der Waals surface area (Å²) >= 11 is 1.82. The number of thioether (sulfide) groups is 1. The molecular formula is C17H18N2OS. The summed E-state index contributed by atoms with van der Waals surface area (Å²) in [7, 11) is 0. The molecule has 0 saturated heterocycles. The van der Waals surface area contributed by atoms with Gasteiger partial charge in [-0.1, -0.05) is 31.2 Å². The van der Waals surface area contributed by atoms with E-state index in [1.807, 2.05) is 66.1 Å². The minimum atomic E-state index is -0.0693. The number of carbonyl (C=O) groups is 1. The summed E-state index contributed by atoms with van der Waals surface area (Å²) in [6.45, 7) is 4.89. The third-order valence-corrected chi connectivity index (χ3v) is 4.59. The maximum absolute atomic E-state index is 12.6. The van der Waals surface area contributed by atoms with Gasteiger partial charge in [0.15, 0.2) is 0 Å². The van der Waals surface area contributed by atoms with Gasteiger partial charge in [-0.25, -0.2) is 4.79 Å². The molecule has 3 nitrogen and oxygen atoms in total. The Bertz CT molecular complexity index is 671.